The number of furan rings is 1. The molecule has 12 aromatic rings. The summed E-state index contributed by atoms with van der Waals surface area (Å²) >= 11 is 1.84. The number of aromatic nitrogens is 2. The topological polar surface area (TPSA) is 38.9 Å². The molecule has 0 aliphatic carbocycles. The van der Waals surface area contributed by atoms with E-state index in [-0.39, 0.29) is 0 Å². The van der Waals surface area contributed by atoms with Gasteiger partial charge in [-0.3, -0.25) is 0 Å². The van der Waals surface area contributed by atoms with E-state index in [1.807, 2.05) is 23.5 Å². The Hall–Kier alpha value is -7.92. The lowest BCUT2D eigenvalue weighted by Gasteiger charge is -2.13. The maximum atomic E-state index is 6.73. The number of fused-ring (bicyclic) bond motifs is 6. The molecule has 4 heteroatoms. The summed E-state index contributed by atoms with van der Waals surface area (Å²) in [4.78, 5) is 10.5. The third-order valence-corrected chi connectivity index (χ3v) is 13.0. The van der Waals surface area contributed by atoms with Crippen LogP contribution < -0.4 is 0 Å². The van der Waals surface area contributed by atoms with Crippen molar-refractivity contribution in [1.82, 2.24) is 9.97 Å². The first-order valence-electron chi connectivity index (χ1n) is 20.9. The molecule has 0 amide bonds. The molecule has 0 spiro atoms. The van der Waals surface area contributed by atoms with Gasteiger partial charge in [-0.25, -0.2) is 9.97 Å². The Morgan fingerprint density at radius 3 is 1.53 bits per heavy atom. The van der Waals surface area contributed by atoms with Crippen LogP contribution in [-0.4, -0.2) is 9.97 Å². The van der Waals surface area contributed by atoms with Crippen LogP contribution in [0.4, 0.5) is 0 Å². The lowest BCUT2D eigenvalue weighted by atomic mass is 9.93. The average molecular weight is 809 g/mol. The molecule has 62 heavy (non-hydrogen) atoms. The second-order valence-corrected chi connectivity index (χ2v) is 16.8. The van der Waals surface area contributed by atoms with E-state index < -0.39 is 0 Å². The van der Waals surface area contributed by atoms with Crippen LogP contribution in [0, 0.1) is 0 Å². The number of benzene rings is 9. The van der Waals surface area contributed by atoms with Gasteiger partial charge in [0.25, 0.3) is 0 Å². The summed E-state index contributed by atoms with van der Waals surface area (Å²) in [6.45, 7) is 0. The van der Waals surface area contributed by atoms with Crippen LogP contribution in [0.25, 0.3) is 121 Å². The summed E-state index contributed by atoms with van der Waals surface area (Å²) in [7, 11) is 0. The van der Waals surface area contributed by atoms with Gasteiger partial charge in [-0.1, -0.05) is 170 Å². The Balaban J connectivity index is 0.978. The summed E-state index contributed by atoms with van der Waals surface area (Å²) in [6.07, 6.45) is 0. The van der Waals surface area contributed by atoms with Gasteiger partial charge in [0.05, 0.1) is 11.4 Å². The lowest BCUT2D eigenvalue weighted by Crippen LogP contribution is -1.97. The van der Waals surface area contributed by atoms with Gasteiger partial charge in [-0.2, -0.15) is 0 Å². The molecule has 0 saturated carbocycles. The predicted octanol–water partition coefficient (Wildman–Crippen LogP) is 16.4. The van der Waals surface area contributed by atoms with E-state index in [0.29, 0.717) is 5.82 Å². The van der Waals surface area contributed by atoms with Crippen molar-refractivity contribution < 1.29 is 4.42 Å². The van der Waals surface area contributed by atoms with E-state index >= 15 is 0 Å². The largest absolute Gasteiger partial charge is 0.455 e. The number of nitrogens with zero attached hydrogens (tertiary/aromatic N) is 2. The highest BCUT2D eigenvalue weighted by Gasteiger charge is 2.19. The zero-order chi connectivity index (χ0) is 41.0. The van der Waals surface area contributed by atoms with E-state index in [1.165, 1.54) is 20.2 Å². The van der Waals surface area contributed by atoms with Gasteiger partial charge < -0.3 is 4.42 Å². The van der Waals surface area contributed by atoms with Crippen molar-refractivity contribution in [3.05, 3.63) is 218 Å². The average Bonchev–Trinajstić information content (AvgIpc) is 3.93. The van der Waals surface area contributed by atoms with Gasteiger partial charge in [0, 0.05) is 53.2 Å². The van der Waals surface area contributed by atoms with E-state index in [2.05, 4.69) is 206 Å². The van der Waals surface area contributed by atoms with Crippen LogP contribution in [0.2, 0.25) is 0 Å². The molecule has 0 fully saturated rings. The van der Waals surface area contributed by atoms with Crippen molar-refractivity contribution in [2.45, 2.75) is 0 Å². The number of hydrogen-bond donors (Lipinski definition) is 0. The molecule has 0 aliphatic rings. The minimum Gasteiger partial charge on any atom is -0.455 e. The maximum Gasteiger partial charge on any atom is 0.160 e. The molecule has 3 aromatic heterocycles. The molecule has 3 nitrogen and oxygen atoms in total. The van der Waals surface area contributed by atoms with Crippen LogP contribution in [-0.2, 0) is 0 Å². The molecule has 12 rings (SSSR count). The smallest absolute Gasteiger partial charge is 0.160 e. The molecule has 0 atom stereocenters. The molecule has 0 aliphatic heterocycles. The molecule has 290 valence electrons. The first-order valence-corrected chi connectivity index (χ1v) is 21.7. The Bertz CT molecular complexity index is 3550. The normalized spacial score (nSPS) is 11.5. The zero-order valence-electron chi connectivity index (χ0n) is 33.5. The maximum absolute atomic E-state index is 6.73. The fourth-order valence-corrected chi connectivity index (χ4v) is 9.99. The Kier molecular flexibility index (Phi) is 8.68. The Labute approximate surface area is 362 Å². The molecule has 0 radical (unpaired) electrons. The minimum absolute atomic E-state index is 0.677. The van der Waals surface area contributed by atoms with Crippen molar-refractivity contribution in [3.8, 4) is 78.4 Å². The lowest BCUT2D eigenvalue weighted by molar-refractivity contribution is 0.670. The Morgan fingerprint density at radius 1 is 0.323 bits per heavy atom. The van der Waals surface area contributed by atoms with E-state index in [9.17, 15) is 0 Å². The van der Waals surface area contributed by atoms with Crippen LogP contribution in [0.1, 0.15) is 0 Å². The standard InChI is InChI=1S/C58H36N2OS/c1-4-14-37(15-5-1)43-32-44(38-16-6-2-7-17-38)34-45(33-43)58-59-51(40-18-8-3-9-19-40)36-52(60-58)41-26-24-39(25-27-41)46-30-31-47(57-56(46)50-21-10-12-22-53(50)61-57)42-28-29-49-48-20-11-13-23-54(48)62-55(49)35-42/h1-36H. The molecule has 0 bridgehead atoms. The highest BCUT2D eigenvalue weighted by Crippen LogP contribution is 2.44. The summed E-state index contributed by atoms with van der Waals surface area (Å²) < 4.78 is 9.31. The molecule has 0 unspecified atom stereocenters. The first kappa shape index (κ1) is 36.0. The van der Waals surface area contributed by atoms with Gasteiger partial charge in [-0.15, -0.1) is 11.3 Å². The number of para-hydroxylation sites is 1. The molecule has 0 N–H and O–H groups in total. The van der Waals surface area contributed by atoms with E-state index in [0.717, 1.165) is 94.5 Å². The third kappa shape index (κ3) is 6.37. The van der Waals surface area contributed by atoms with Crippen molar-refractivity contribution in [3.63, 3.8) is 0 Å². The van der Waals surface area contributed by atoms with Crippen LogP contribution in [0.5, 0.6) is 0 Å². The van der Waals surface area contributed by atoms with Crippen LogP contribution in [0.15, 0.2) is 223 Å². The highest BCUT2D eigenvalue weighted by molar-refractivity contribution is 7.25. The van der Waals surface area contributed by atoms with Crippen molar-refractivity contribution >= 4 is 53.4 Å². The molecule has 9 aromatic carbocycles. The summed E-state index contributed by atoms with van der Waals surface area (Å²) in [5.41, 5.74) is 15.5. The number of thiophene rings is 1. The van der Waals surface area contributed by atoms with Gasteiger partial charge in [0.15, 0.2) is 5.82 Å². The predicted molar refractivity (Wildman–Crippen MR) is 260 cm³/mol. The first-order chi connectivity index (χ1) is 30.7. The monoisotopic (exact) mass is 808 g/mol. The van der Waals surface area contributed by atoms with E-state index in [4.69, 9.17) is 14.4 Å². The van der Waals surface area contributed by atoms with Gasteiger partial charge >= 0.3 is 0 Å². The van der Waals surface area contributed by atoms with Gasteiger partial charge in [0.2, 0.25) is 0 Å². The van der Waals surface area contributed by atoms with E-state index in [1.54, 1.807) is 0 Å². The van der Waals surface area contributed by atoms with Crippen LogP contribution in [0.3, 0.4) is 0 Å². The highest BCUT2D eigenvalue weighted by atomic mass is 32.1. The molecular formula is C58H36N2OS. The van der Waals surface area contributed by atoms with Crippen molar-refractivity contribution in [2.24, 2.45) is 0 Å². The second kappa shape index (κ2) is 15.0. The summed E-state index contributed by atoms with van der Waals surface area (Å²) in [6, 6.07) is 77.3. The molecule has 0 saturated heterocycles. The summed E-state index contributed by atoms with van der Waals surface area (Å²) in [5, 5.41) is 4.81. The fraction of sp³-hybridized carbons (Fsp3) is 0. The SMILES string of the molecule is c1ccc(-c2cc(-c3ccccc3)cc(-c3nc(-c4ccccc4)cc(-c4ccc(-c5ccc(-c6ccc7c(c6)sc6ccccc67)c6oc7ccccc7c56)cc4)n3)c2)cc1. The fourth-order valence-electron chi connectivity index (χ4n) is 8.84. The number of rotatable bonds is 7. The van der Waals surface area contributed by atoms with Gasteiger partial charge in [0.1, 0.15) is 11.2 Å². The number of hydrogen-bond acceptors (Lipinski definition) is 4. The second-order valence-electron chi connectivity index (χ2n) is 15.7. The zero-order valence-corrected chi connectivity index (χ0v) is 34.3. The molecular weight excluding hydrogens is 773 g/mol. The van der Waals surface area contributed by atoms with Crippen LogP contribution >= 0.6 is 11.3 Å². The Morgan fingerprint density at radius 2 is 0.839 bits per heavy atom. The van der Waals surface area contributed by atoms with Crippen molar-refractivity contribution in [2.75, 3.05) is 0 Å². The minimum atomic E-state index is 0.677. The summed E-state index contributed by atoms with van der Waals surface area (Å²) in [5.74, 6) is 0.677. The van der Waals surface area contributed by atoms with Gasteiger partial charge in [-0.05, 0) is 87.5 Å². The molecule has 3 heterocycles. The third-order valence-electron chi connectivity index (χ3n) is 11.9. The quantitative estimate of drug-likeness (QED) is 0.161. The van der Waals surface area contributed by atoms with Crippen molar-refractivity contribution in [1.29, 1.82) is 0 Å².